The summed E-state index contributed by atoms with van der Waals surface area (Å²) >= 11 is 0. The Labute approximate surface area is 142 Å². The monoisotopic (exact) mass is 332 g/mol. The van der Waals surface area contributed by atoms with Gasteiger partial charge in [0.05, 0.1) is 0 Å². The van der Waals surface area contributed by atoms with Crippen LogP contribution in [0, 0.1) is 12.3 Å². The number of imide groups is 2. The van der Waals surface area contributed by atoms with Crippen LogP contribution in [0.5, 0.6) is 0 Å². The molecule has 0 aliphatic carbocycles. The van der Waals surface area contributed by atoms with Gasteiger partial charge >= 0.3 is 0 Å². The van der Waals surface area contributed by atoms with Crippen molar-refractivity contribution >= 4 is 34.4 Å². The first kappa shape index (κ1) is 15.1. The molecule has 2 aromatic carbocycles. The van der Waals surface area contributed by atoms with Crippen LogP contribution in [0.25, 0.3) is 10.8 Å². The van der Waals surface area contributed by atoms with Crippen LogP contribution in [0.15, 0.2) is 30.3 Å². The molecular weight excluding hydrogens is 320 g/mol. The molecule has 2 aliphatic heterocycles. The lowest BCUT2D eigenvalue weighted by Gasteiger charge is -2.34. The maximum absolute atomic E-state index is 12.9. The molecule has 0 saturated carbocycles. The normalized spacial score (nSPS) is 19.8. The number of carbonyl (C=O) groups is 4. The molecule has 1 fully saturated rings. The van der Waals surface area contributed by atoms with Gasteiger partial charge in [-0.3, -0.25) is 29.4 Å². The van der Waals surface area contributed by atoms with Crippen molar-refractivity contribution in [2.75, 3.05) is 0 Å². The highest BCUT2D eigenvalue weighted by atomic mass is 16.2. The van der Waals surface area contributed by atoms with E-state index < -0.39 is 29.7 Å². The number of piperidine rings is 1. The van der Waals surface area contributed by atoms with E-state index in [0.717, 1.165) is 4.90 Å². The maximum Gasteiger partial charge on any atom is 0.262 e. The zero-order chi connectivity index (χ0) is 17.7. The third-order valence-electron chi connectivity index (χ3n) is 4.62. The van der Waals surface area contributed by atoms with Crippen LogP contribution >= 0.6 is 0 Å². The number of benzene rings is 2. The second-order valence-corrected chi connectivity index (χ2v) is 5.98. The largest absolute Gasteiger partial charge is 0.295 e. The molecule has 0 spiro atoms. The van der Waals surface area contributed by atoms with Crippen LogP contribution in [-0.2, 0) is 9.59 Å². The third-order valence-corrected chi connectivity index (χ3v) is 4.62. The molecule has 2 heterocycles. The van der Waals surface area contributed by atoms with Crippen molar-refractivity contribution < 1.29 is 19.2 Å². The Hall–Kier alpha value is -3.46. The Bertz CT molecular complexity index is 1010. The number of hydrogen-bond acceptors (Lipinski definition) is 4. The molecule has 0 aromatic heterocycles. The summed E-state index contributed by atoms with van der Waals surface area (Å²) in [4.78, 5) is 50.3. The smallest absolute Gasteiger partial charge is 0.262 e. The Balaban J connectivity index is 1.90. The molecule has 1 atom stereocenters. The molecule has 1 saturated heterocycles. The van der Waals surface area contributed by atoms with Gasteiger partial charge in [0.1, 0.15) is 6.04 Å². The summed E-state index contributed by atoms with van der Waals surface area (Å²) in [6.45, 7) is 0. The van der Waals surface area contributed by atoms with E-state index in [9.17, 15) is 19.2 Å². The van der Waals surface area contributed by atoms with Gasteiger partial charge in [-0.05, 0) is 30.0 Å². The first-order chi connectivity index (χ1) is 12.0. The molecule has 4 amide bonds. The van der Waals surface area contributed by atoms with Crippen molar-refractivity contribution in [3.63, 3.8) is 0 Å². The summed E-state index contributed by atoms with van der Waals surface area (Å²) < 4.78 is 0. The second-order valence-electron chi connectivity index (χ2n) is 5.98. The van der Waals surface area contributed by atoms with E-state index in [2.05, 4.69) is 11.2 Å². The van der Waals surface area contributed by atoms with Gasteiger partial charge in [-0.25, -0.2) is 0 Å². The summed E-state index contributed by atoms with van der Waals surface area (Å²) in [5.41, 5.74) is 1.25. The molecule has 2 aliphatic rings. The number of rotatable bonds is 1. The lowest BCUT2D eigenvalue weighted by Crippen LogP contribution is -2.57. The summed E-state index contributed by atoms with van der Waals surface area (Å²) in [5.74, 6) is 0.418. The first-order valence-electron chi connectivity index (χ1n) is 7.77. The number of terminal acetylenes is 1. The Morgan fingerprint density at radius 3 is 2.44 bits per heavy atom. The molecule has 1 unspecified atom stereocenters. The van der Waals surface area contributed by atoms with E-state index in [1.165, 1.54) is 0 Å². The molecule has 6 heteroatoms. The molecule has 25 heavy (non-hydrogen) atoms. The Morgan fingerprint density at radius 1 is 1.04 bits per heavy atom. The quantitative estimate of drug-likeness (QED) is 0.629. The van der Waals surface area contributed by atoms with Crippen LogP contribution in [0.4, 0.5) is 0 Å². The van der Waals surface area contributed by atoms with Crippen molar-refractivity contribution in [1.29, 1.82) is 0 Å². The number of nitrogens with one attached hydrogen (secondary N) is 1. The Kier molecular flexibility index (Phi) is 3.19. The molecule has 1 N–H and O–H groups in total. The van der Waals surface area contributed by atoms with Gasteiger partial charge in [-0.15, -0.1) is 6.42 Å². The second kappa shape index (κ2) is 5.28. The van der Waals surface area contributed by atoms with Crippen molar-refractivity contribution in [3.05, 3.63) is 47.0 Å². The molecule has 2 aromatic rings. The summed E-state index contributed by atoms with van der Waals surface area (Å²) in [7, 11) is 0. The number of nitrogens with zero attached hydrogens (tertiary/aromatic N) is 1. The number of amides is 4. The molecule has 122 valence electrons. The maximum atomic E-state index is 12.9. The average molecular weight is 332 g/mol. The minimum atomic E-state index is -0.992. The zero-order valence-corrected chi connectivity index (χ0v) is 13.0. The Morgan fingerprint density at radius 2 is 1.76 bits per heavy atom. The van der Waals surface area contributed by atoms with Gasteiger partial charge in [0.15, 0.2) is 0 Å². The van der Waals surface area contributed by atoms with E-state index in [1.807, 2.05) is 0 Å². The van der Waals surface area contributed by atoms with E-state index in [4.69, 9.17) is 6.42 Å². The van der Waals surface area contributed by atoms with Crippen molar-refractivity contribution in [2.45, 2.75) is 18.9 Å². The molecule has 6 nitrogen and oxygen atoms in total. The zero-order valence-electron chi connectivity index (χ0n) is 13.0. The standard InChI is InChI=1S/C19H12N2O4/c1-2-10-6-7-13-16-11(10)4-3-5-12(16)18(24)21(19(13)25)14-8-9-15(22)20-17(14)23/h1,3-7,14H,8-9H2,(H,20,22,23). The predicted octanol–water partition coefficient (Wildman–Crippen LogP) is 1.22. The van der Waals surface area contributed by atoms with Gasteiger partial charge in [0.25, 0.3) is 11.8 Å². The van der Waals surface area contributed by atoms with Gasteiger partial charge in [0.2, 0.25) is 11.8 Å². The summed E-state index contributed by atoms with van der Waals surface area (Å²) in [6, 6.07) is 7.30. The minimum Gasteiger partial charge on any atom is -0.295 e. The van der Waals surface area contributed by atoms with Gasteiger partial charge in [-0.2, -0.15) is 0 Å². The van der Waals surface area contributed by atoms with E-state index in [0.29, 0.717) is 27.5 Å². The van der Waals surface area contributed by atoms with Crippen LogP contribution in [0.3, 0.4) is 0 Å². The van der Waals surface area contributed by atoms with Crippen LogP contribution in [0.2, 0.25) is 0 Å². The van der Waals surface area contributed by atoms with E-state index in [1.54, 1.807) is 30.3 Å². The molecular formula is C19H12N2O4. The minimum absolute atomic E-state index is 0.0839. The van der Waals surface area contributed by atoms with Crippen LogP contribution in [-0.4, -0.2) is 34.6 Å². The average Bonchev–Trinajstić information content (AvgIpc) is 2.61. The highest BCUT2D eigenvalue weighted by molar-refractivity contribution is 6.27. The highest BCUT2D eigenvalue weighted by Crippen LogP contribution is 2.33. The highest BCUT2D eigenvalue weighted by Gasteiger charge is 2.42. The third kappa shape index (κ3) is 2.06. The topological polar surface area (TPSA) is 83.6 Å². The van der Waals surface area contributed by atoms with Gasteiger partial charge < -0.3 is 0 Å². The fraction of sp³-hybridized carbons (Fsp3) is 0.158. The van der Waals surface area contributed by atoms with E-state index in [-0.39, 0.29) is 12.8 Å². The molecule has 0 bridgehead atoms. The fourth-order valence-corrected chi connectivity index (χ4v) is 3.45. The molecule has 4 rings (SSSR count). The predicted molar refractivity (Wildman–Crippen MR) is 88.6 cm³/mol. The first-order valence-corrected chi connectivity index (χ1v) is 7.77. The SMILES string of the molecule is C#Cc1ccc2c3c(cccc13)C(=O)N(C1CCC(=O)NC1=O)C2=O. The number of carbonyl (C=O) groups excluding carboxylic acids is 4. The van der Waals surface area contributed by atoms with Crippen molar-refractivity contribution in [3.8, 4) is 12.3 Å². The molecule has 0 radical (unpaired) electrons. The fourth-order valence-electron chi connectivity index (χ4n) is 3.45. The van der Waals surface area contributed by atoms with Gasteiger partial charge in [0, 0.05) is 28.5 Å². The van der Waals surface area contributed by atoms with Crippen LogP contribution in [0.1, 0.15) is 39.1 Å². The van der Waals surface area contributed by atoms with Crippen molar-refractivity contribution in [2.24, 2.45) is 0 Å². The number of hydrogen-bond donors (Lipinski definition) is 1. The lowest BCUT2D eigenvalue weighted by molar-refractivity contribution is -0.136. The van der Waals surface area contributed by atoms with E-state index >= 15 is 0 Å². The van der Waals surface area contributed by atoms with Crippen molar-refractivity contribution in [1.82, 2.24) is 10.2 Å². The summed E-state index contributed by atoms with van der Waals surface area (Å²) in [5, 5.41) is 3.35. The van der Waals surface area contributed by atoms with Crippen LogP contribution < -0.4 is 5.32 Å². The summed E-state index contributed by atoms with van der Waals surface area (Å²) in [6.07, 6.45) is 5.71. The van der Waals surface area contributed by atoms with Gasteiger partial charge in [-0.1, -0.05) is 18.1 Å². The lowest BCUT2D eigenvalue weighted by atomic mass is 9.90.